The number of nitro groups is 1. The third-order valence-electron chi connectivity index (χ3n) is 2.45. The van der Waals surface area contributed by atoms with Crippen molar-refractivity contribution in [1.82, 2.24) is 0 Å². The lowest BCUT2D eigenvalue weighted by Gasteiger charge is -1.98. The molecule has 0 unspecified atom stereocenters. The van der Waals surface area contributed by atoms with Gasteiger partial charge in [-0.25, -0.2) is 0 Å². The van der Waals surface area contributed by atoms with Crippen molar-refractivity contribution in [2.24, 2.45) is 10.2 Å². The summed E-state index contributed by atoms with van der Waals surface area (Å²) in [6, 6.07) is 12.1. The number of halogens is 1. The summed E-state index contributed by atoms with van der Waals surface area (Å²) in [5, 5.41) is 17.7. The third kappa shape index (κ3) is 3.24. The van der Waals surface area contributed by atoms with Crippen LogP contribution in [0, 0.1) is 10.1 Å². The number of azo groups is 1. The summed E-state index contributed by atoms with van der Waals surface area (Å²) < 4.78 is 0. The smallest absolute Gasteiger partial charge is 0.269 e. The number of hydrogen-bond donors (Lipinski definition) is 0. The molecule has 0 radical (unpaired) electrons. The molecule has 0 saturated carbocycles. The molecular weight excluding hydrogens is 282 g/mol. The Balaban J connectivity index is 2.25. The minimum atomic E-state index is -0.622. The van der Waals surface area contributed by atoms with Gasteiger partial charge < -0.3 is 0 Å². The van der Waals surface area contributed by atoms with Crippen LogP contribution in [0.3, 0.4) is 0 Å². The first kappa shape index (κ1) is 13.8. The van der Waals surface area contributed by atoms with Crippen molar-refractivity contribution in [2.45, 2.75) is 0 Å². The Kier molecular flexibility index (Phi) is 4.17. The van der Waals surface area contributed by atoms with Gasteiger partial charge in [0.15, 0.2) is 0 Å². The molecular formula is C13H8ClN3O3. The first-order valence-corrected chi connectivity index (χ1v) is 5.91. The van der Waals surface area contributed by atoms with Crippen LogP contribution in [-0.2, 0) is 0 Å². The van der Waals surface area contributed by atoms with Gasteiger partial charge in [0.1, 0.15) is 0 Å². The molecule has 0 saturated heterocycles. The molecule has 0 N–H and O–H groups in total. The second kappa shape index (κ2) is 6.03. The van der Waals surface area contributed by atoms with Crippen molar-refractivity contribution in [3.8, 4) is 0 Å². The quantitative estimate of drug-likeness (QED) is 0.362. The minimum absolute atomic E-state index is 0.0275. The molecule has 2 rings (SSSR count). The van der Waals surface area contributed by atoms with Gasteiger partial charge in [-0.2, -0.15) is 5.11 Å². The van der Waals surface area contributed by atoms with Crippen LogP contribution in [0.1, 0.15) is 10.4 Å². The number of carbonyl (C=O) groups excluding carboxylic acids is 1. The molecule has 0 fully saturated rings. The number of benzene rings is 2. The van der Waals surface area contributed by atoms with Gasteiger partial charge in [-0.3, -0.25) is 14.9 Å². The van der Waals surface area contributed by atoms with Crippen LogP contribution in [0.5, 0.6) is 0 Å². The number of hydrogen-bond acceptors (Lipinski definition) is 5. The maximum atomic E-state index is 11.2. The summed E-state index contributed by atoms with van der Waals surface area (Å²) in [5.41, 5.74) is 0.999. The number of nitrogens with zero attached hydrogens (tertiary/aromatic N) is 3. The van der Waals surface area contributed by atoms with Crippen LogP contribution in [-0.4, -0.2) is 10.2 Å². The monoisotopic (exact) mass is 289 g/mol. The molecule has 100 valence electrons. The fourth-order valence-electron chi connectivity index (χ4n) is 1.48. The maximum absolute atomic E-state index is 11.2. The summed E-state index contributed by atoms with van der Waals surface area (Å²) >= 11 is 5.43. The molecule has 2 aromatic rings. The Hall–Kier alpha value is -2.60. The van der Waals surface area contributed by atoms with E-state index in [-0.39, 0.29) is 11.3 Å². The highest BCUT2D eigenvalue weighted by molar-refractivity contribution is 6.68. The van der Waals surface area contributed by atoms with Gasteiger partial charge in [0.05, 0.1) is 21.9 Å². The number of rotatable bonds is 4. The van der Waals surface area contributed by atoms with E-state index in [1.54, 1.807) is 24.3 Å². The molecule has 6 nitrogen and oxygen atoms in total. The number of non-ortho nitro benzene ring substituents is 1. The van der Waals surface area contributed by atoms with Crippen molar-refractivity contribution in [3.05, 3.63) is 64.2 Å². The van der Waals surface area contributed by atoms with Gasteiger partial charge in [-0.05, 0) is 35.9 Å². The van der Waals surface area contributed by atoms with E-state index in [9.17, 15) is 14.9 Å². The van der Waals surface area contributed by atoms with Crippen LogP contribution in [0.2, 0.25) is 0 Å². The standard InChI is InChI=1S/C13H8ClN3O3/c14-13(18)11-3-1-2-4-12(11)16-15-9-5-7-10(8-6-9)17(19)20/h1-8H. The maximum Gasteiger partial charge on any atom is 0.269 e. The molecule has 7 heteroatoms. The van der Waals surface area contributed by atoms with Gasteiger partial charge in [0.25, 0.3) is 10.9 Å². The highest BCUT2D eigenvalue weighted by Gasteiger charge is 2.07. The number of carbonyl (C=O) groups is 1. The molecule has 0 aliphatic carbocycles. The molecule has 0 atom stereocenters. The molecule has 20 heavy (non-hydrogen) atoms. The summed E-state index contributed by atoms with van der Waals surface area (Å²) in [5.74, 6) is 0. The second-order valence-corrected chi connectivity index (χ2v) is 4.11. The van der Waals surface area contributed by atoms with Crippen molar-refractivity contribution < 1.29 is 9.72 Å². The lowest BCUT2D eigenvalue weighted by molar-refractivity contribution is -0.384. The zero-order valence-corrected chi connectivity index (χ0v) is 10.8. The lowest BCUT2D eigenvalue weighted by atomic mass is 10.2. The van der Waals surface area contributed by atoms with Crippen molar-refractivity contribution in [2.75, 3.05) is 0 Å². The summed E-state index contributed by atoms with van der Waals surface area (Å²) in [4.78, 5) is 21.2. The SMILES string of the molecule is O=C(Cl)c1ccccc1N=Nc1ccc([N+](=O)[O-])cc1. The molecule has 0 aromatic heterocycles. The van der Waals surface area contributed by atoms with Gasteiger partial charge in [0, 0.05) is 12.1 Å². The van der Waals surface area contributed by atoms with E-state index in [1.165, 1.54) is 24.3 Å². The van der Waals surface area contributed by atoms with E-state index in [2.05, 4.69) is 10.2 Å². The molecule has 0 spiro atoms. The van der Waals surface area contributed by atoms with Crippen molar-refractivity contribution in [3.63, 3.8) is 0 Å². The summed E-state index contributed by atoms with van der Waals surface area (Å²) in [6.45, 7) is 0. The molecule has 0 heterocycles. The van der Waals surface area contributed by atoms with Gasteiger partial charge >= 0.3 is 0 Å². The van der Waals surface area contributed by atoms with Gasteiger partial charge in [-0.1, -0.05) is 12.1 Å². The van der Waals surface area contributed by atoms with Gasteiger partial charge in [-0.15, -0.1) is 5.11 Å². The Morgan fingerprint density at radius 3 is 2.30 bits per heavy atom. The Morgan fingerprint density at radius 2 is 1.70 bits per heavy atom. The minimum Gasteiger partial charge on any atom is -0.276 e. The highest BCUT2D eigenvalue weighted by Crippen LogP contribution is 2.24. The third-order valence-corrected chi connectivity index (χ3v) is 2.65. The second-order valence-electron chi connectivity index (χ2n) is 3.76. The van der Waals surface area contributed by atoms with E-state index in [0.717, 1.165) is 0 Å². The predicted molar refractivity (Wildman–Crippen MR) is 73.9 cm³/mol. The molecule has 0 aliphatic heterocycles. The first-order chi connectivity index (χ1) is 9.58. The summed E-state index contributed by atoms with van der Waals surface area (Å²) in [6.07, 6.45) is 0. The summed E-state index contributed by atoms with van der Waals surface area (Å²) in [7, 11) is 0. The van der Waals surface area contributed by atoms with Crippen LogP contribution in [0.15, 0.2) is 58.8 Å². The van der Waals surface area contributed by atoms with Crippen LogP contribution >= 0.6 is 11.6 Å². The molecule has 0 bridgehead atoms. The Bertz CT molecular complexity index is 684. The van der Waals surface area contributed by atoms with Crippen LogP contribution in [0.25, 0.3) is 0 Å². The first-order valence-electron chi connectivity index (χ1n) is 5.53. The number of nitro benzene ring substituents is 1. The van der Waals surface area contributed by atoms with E-state index in [1.807, 2.05) is 0 Å². The van der Waals surface area contributed by atoms with E-state index in [0.29, 0.717) is 11.4 Å². The fourth-order valence-corrected chi connectivity index (χ4v) is 1.64. The van der Waals surface area contributed by atoms with E-state index in [4.69, 9.17) is 11.6 Å². The van der Waals surface area contributed by atoms with E-state index >= 15 is 0 Å². The molecule has 0 amide bonds. The topological polar surface area (TPSA) is 84.9 Å². The highest BCUT2D eigenvalue weighted by atomic mass is 35.5. The van der Waals surface area contributed by atoms with Crippen LogP contribution in [0.4, 0.5) is 17.1 Å². The fraction of sp³-hybridized carbons (Fsp3) is 0. The zero-order chi connectivity index (χ0) is 14.5. The Morgan fingerprint density at radius 1 is 1.05 bits per heavy atom. The van der Waals surface area contributed by atoms with Gasteiger partial charge in [0.2, 0.25) is 0 Å². The van der Waals surface area contributed by atoms with Crippen molar-refractivity contribution >= 4 is 33.9 Å². The average Bonchev–Trinajstić information content (AvgIpc) is 2.45. The zero-order valence-electron chi connectivity index (χ0n) is 10.1. The largest absolute Gasteiger partial charge is 0.276 e. The predicted octanol–water partition coefficient (Wildman–Crippen LogP) is 4.39. The lowest BCUT2D eigenvalue weighted by Crippen LogP contribution is -1.87. The van der Waals surface area contributed by atoms with Crippen LogP contribution < -0.4 is 0 Å². The van der Waals surface area contributed by atoms with Crippen molar-refractivity contribution in [1.29, 1.82) is 0 Å². The molecule has 0 aliphatic rings. The average molecular weight is 290 g/mol. The molecule has 2 aromatic carbocycles. The Labute approximate surface area is 118 Å². The normalized spacial score (nSPS) is 10.7. The van der Waals surface area contributed by atoms with E-state index < -0.39 is 10.2 Å².